The zero-order valence-corrected chi connectivity index (χ0v) is 14.9. The van der Waals surface area contributed by atoms with Gasteiger partial charge in [0, 0.05) is 13.1 Å². The molecule has 0 atom stereocenters. The summed E-state index contributed by atoms with van der Waals surface area (Å²) >= 11 is 0. The van der Waals surface area contributed by atoms with Crippen molar-refractivity contribution in [3.05, 3.63) is 53.7 Å². The second kappa shape index (κ2) is 7.32. The second-order valence-electron chi connectivity index (χ2n) is 6.66. The van der Waals surface area contributed by atoms with Crippen molar-refractivity contribution in [3.8, 4) is 17.5 Å². The lowest BCUT2D eigenvalue weighted by atomic mass is 9.74. The first kappa shape index (κ1) is 18.0. The van der Waals surface area contributed by atoms with Gasteiger partial charge in [0.15, 0.2) is 11.6 Å². The van der Waals surface area contributed by atoms with E-state index >= 15 is 0 Å². The molecule has 0 spiro atoms. The number of aromatic nitrogens is 4. The smallest absolute Gasteiger partial charge is 0.259 e. The third-order valence-electron chi connectivity index (χ3n) is 5.05. The normalized spacial score (nSPS) is 16.0. The van der Waals surface area contributed by atoms with E-state index in [9.17, 15) is 9.65 Å². The van der Waals surface area contributed by atoms with Gasteiger partial charge in [0.1, 0.15) is 12.4 Å². The Hall–Kier alpha value is -3.38. The molecule has 9 heteroatoms. The van der Waals surface area contributed by atoms with Crippen LogP contribution in [0.4, 0.5) is 10.2 Å². The zero-order chi connectivity index (χ0) is 19.6. The molecule has 1 aliphatic rings. The average molecular weight is 380 g/mol. The van der Waals surface area contributed by atoms with Gasteiger partial charge in [0.05, 0.1) is 23.2 Å². The number of nitrogens with zero attached hydrogens (tertiary/aromatic N) is 6. The summed E-state index contributed by atoms with van der Waals surface area (Å²) in [7, 11) is 0. The van der Waals surface area contributed by atoms with Crippen molar-refractivity contribution < 1.29 is 14.0 Å². The SMILES string of the molecule is N#CC1(c2ccc(F)cc2)CCN(c2cc(-c3nc(CO)no3)cnn2)CC1. The predicted octanol–water partition coefficient (Wildman–Crippen LogP) is 2.22. The van der Waals surface area contributed by atoms with Crippen LogP contribution in [0.15, 0.2) is 41.1 Å². The minimum absolute atomic E-state index is 0.199. The van der Waals surface area contributed by atoms with Crippen LogP contribution in [-0.4, -0.2) is 38.5 Å². The van der Waals surface area contributed by atoms with Crippen molar-refractivity contribution in [2.45, 2.75) is 24.9 Å². The van der Waals surface area contributed by atoms with Crippen LogP contribution in [0, 0.1) is 17.1 Å². The Balaban J connectivity index is 1.53. The van der Waals surface area contributed by atoms with Gasteiger partial charge in [-0.25, -0.2) is 4.39 Å². The number of hydrogen-bond acceptors (Lipinski definition) is 8. The van der Waals surface area contributed by atoms with Crippen LogP contribution in [0.1, 0.15) is 24.2 Å². The minimum atomic E-state index is -0.641. The molecule has 28 heavy (non-hydrogen) atoms. The Morgan fingerprint density at radius 2 is 2.00 bits per heavy atom. The highest BCUT2D eigenvalue weighted by Crippen LogP contribution is 2.36. The Bertz CT molecular complexity index is 1010. The minimum Gasteiger partial charge on any atom is -0.388 e. The highest BCUT2D eigenvalue weighted by molar-refractivity contribution is 5.57. The summed E-state index contributed by atoms with van der Waals surface area (Å²) in [6.07, 6.45) is 2.70. The van der Waals surface area contributed by atoms with E-state index in [-0.39, 0.29) is 24.1 Å². The number of anilines is 1. The van der Waals surface area contributed by atoms with Crippen molar-refractivity contribution in [1.29, 1.82) is 5.26 Å². The Morgan fingerprint density at radius 3 is 2.64 bits per heavy atom. The van der Waals surface area contributed by atoms with Gasteiger partial charge in [-0.1, -0.05) is 17.3 Å². The fraction of sp³-hybridized carbons (Fsp3) is 0.316. The van der Waals surface area contributed by atoms with Crippen LogP contribution in [0.25, 0.3) is 11.5 Å². The first-order valence-corrected chi connectivity index (χ1v) is 8.82. The zero-order valence-electron chi connectivity index (χ0n) is 14.9. The molecule has 1 saturated heterocycles. The van der Waals surface area contributed by atoms with Gasteiger partial charge < -0.3 is 14.5 Å². The van der Waals surface area contributed by atoms with Gasteiger partial charge in [0.2, 0.25) is 0 Å². The van der Waals surface area contributed by atoms with Gasteiger partial charge in [-0.3, -0.25) is 0 Å². The van der Waals surface area contributed by atoms with Gasteiger partial charge in [0.25, 0.3) is 5.89 Å². The van der Waals surface area contributed by atoms with Gasteiger partial charge in [-0.15, -0.1) is 5.10 Å². The summed E-state index contributed by atoms with van der Waals surface area (Å²) in [5.74, 6) is 0.790. The molecular weight excluding hydrogens is 363 g/mol. The molecule has 1 N–H and O–H groups in total. The standard InChI is InChI=1S/C19H17FN6O2/c20-15-3-1-14(2-4-15)19(12-21)5-7-26(8-6-19)17-9-13(10-22-24-17)18-23-16(11-27)25-28-18/h1-4,9-10,27H,5-8,11H2. The number of rotatable bonds is 4. The Kier molecular flexibility index (Phi) is 4.71. The van der Waals surface area contributed by atoms with E-state index < -0.39 is 5.41 Å². The molecule has 142 valence electrons. The molecule has 0 amide bonds. The number of benzene rings is 1. The quantitative estimate of drug-likeness (QED) is 0.733. The van der Waals surface area contributed by atoms with Crippen LogP contribution >= 0.6 is 0 Å². The highest BCUT2D eigenvalue weighted by Gasteiger charge is 2.37. The van der Waals surface area contributed by atoms with E-state index in [1.54, 1.807) is 18.2 Å². The Labute approximate surface area is 160 Å². The maximum Gasteiger partial charge on any atom is 0.259 e. The molecule has 3 heterocycles. The number of piperidine rings is 1. The molecule has 0 saturated carbocycles. The summed E-state index contributed by atoms with van der Waals surface area (Å²) in [6.45, 7) is 0.907. The number of nitriles is 1. The molecule has 4 rings (SSSR count). The first-order valence-electron chi connectivity index (χ1n) is 8.82. The van der Waals surface area contributed by atoms with Gasteiger partial charge in [-0.2, -0.15) is 15.3 Å². The van der Waals surface area contributed by atoms with Crippen molar-refractivity contribution >= 4 is 5.82 Å². The van der Waals surface area contributed by atoms with Crippen LogP contribution in [-0.2, 0) is 12.0 Å². The van der Waals surface area contributed by atoms with Crippen LogP contribution < -0.4 is 4.90 Å². The maximum absolute atomic E-state index is 13.2. The molecule has 0 unspecified atom stereocenters. The summed E-state index contributed by atoms with van der Waals surface area (Å²) < 4.78 is 18.4. The average Bonchev–Trinajstić information content (AvgIpc) is 3.24. The van der Waals surface area contributed by atoms with Crippen LogP contribution in [0.5, 0.6) is 0 Å². The first-order chi connectivity index (χ1) is 13.6. The van der Waals surface area contributed by atoms with Crippen molar-refractivity contribution in [1.82, 2.24) is 20.3 Å². The van der Waals surface area contributed by atoms with E-state index in [0.29, 0.717) is 37.3 Å². The monoisotopic (exact) mass is 380 g/mol. The fourth-order valence-electron chi connectivity index (χ4n) is 3.41. The summed E-state index contributed by atoms with van der Waals surface area (Å²) in [5, 5.41) is 30.7. The lowest BCUT2D eigenvalue weighted by Crippen LogP contribution is -2.42. The largest absolute Gasteiger partial charge is 0.388 e. The second-order valence-corrected chi connectivity index (χ2v) is 6.66. The van der Waals surface area contributed by atoms with Gasteiger partial charge >= 0.3 is 0 Å². The van der Waals surface area contributed by atoms with E-state index in [1.807, 2.05) is 4.90 Å². The third-order valence-corrected chi connectivity index (χ3v) is 5.05. The number of hydrogen-bond donors (Lipinski definition) is 1. The number of aliphatic hydroxyl groups excluding tert-OH is 1. The highest BCUT2D eigenvalue weighted by atomic mass is 19.1. The lowest BCUT2D eigenvalue weighted by Gasteiger charge is -2.38. The topological polar surface area (TPSA) is 112 Å². The van der Waals surface area contributed by atoms with E-state index in [2.05, 4.69) is 26.4 Å². The van der Waals surface area contributed by atoms with Crippen molar-refractivity contribution in [2.75, 3.05) is 18.0 Å². The maximum atomic E-state index is 13.2. The number of aliphatic hydroxyl groups is 1. The summed E-state index contributed by atoms with van der Waals surface area (Å²) in [5.41, 5.74) is 0.795. The van der Waals surface area contributed by atoms with E-state index in [1.165, 1.54) is 18.3 Å². The molecule has 0 aliphatic carbocycles. The van der Waals surface area contributed by atoms with Crippen LogP contribution in [0.2, 0.25) is 0 Å². The van der Waals surface area contributed by atoms with E-state index in [4.69, 9.17) is 9.63 Å². The van der Waals surface area contributed by atoms with Crippen molar-refractivity contribution in [3.63, 3.8) is 0 Å². The molecule has 8 nitrogen and oxygen atoms in total. The van der Waals surface area contributed by atoms with E-state index in [0.717, 1.165) is 5.56 Å². The number of halogens is 1. The molecule has 0 bridgehead atoms. The molecular formula is C19H17FN6O2. The third kappa shape index (κ3) is 3.30. The Morgan fingerprint density at radius 1 is 1.25 bits per heavy atom. The molecule has 0 radical (unpaired) electrons. The van der Waals surface area contributed by atoms with Crippen LogP contribution in [0.3, 0.4) is 0 Å². The molecule has 3 aromatic rings. The lowest BCUT2D eigenvalue weighted by molar-refractivity contribution is 0.264. The molecule has 1 fully saturated rings. The fourth-order valence-corrected chi connectivity index (χ4v) is 3.41. The van der Waals surface area contributed by atoms with Gasteiger partial charge in [-0.05, 0) is 36.6 Å². The summed E-state index contributed by atoms with van der Waals surface area (Å²) in [4.78, 5) is 6.12. The predicted molar refractivity (Wildman–Crippen MR) is 96.4 cm³/mol. The summed E-state index contributed by atoms with van der Waals surface area (Å²) in [6, 6.07) is 10.4. The van der Waals surface area contributed by atoms with Crippen molar-refractivity contribution in [2.24, 2.45) is 0 Å². The molecule has 1 aromatic carbocycles. The molecule has 2 aromatic heterocycles. The molecule has 1 aliphatic heterocycles.